The van der Waals surface area contributed by atoms with E-state index in [0.29, 0.717) is 103 Å². The molecule has 5 atom stereocenters. The highest BCUT2D eigenvalue weighted by Crippen LogP contribution is 2.42. The van der Waals surface area contributed by atoms with Gasteiger partial charge in [-0.05, 0) is 152 Å². The van der Waals surface area contributed by atoms with Gasteiger partial charge >= 0.3 is 5.97 Å². The monoisotopic (exact) mass is 1370 g/mol. The zero-order valence-corrected chi connectivity index (χ0v) is 57.5. The second-order valence-corrected chi connectivity index (χ2v) is 31.7. The largest absolute Gasteiger partial charge is 0.493 e. The first-order chi connectivity index (χ1) is 45.0. The number of ether oxygens (including phenoxy) is 6. The number of benzene rings is 5. The van der Waals surface area contributed by atoms with Gasteiger partial charge in [-0.1, -0.05) is 77.0 Å². The lowest BCUT2D eigenvalue weighted by Gasteiger charge is -2.38. The summed E-state index contributed by atoms with van der Waals surface area (Å²) in [5.41, 5.74) is 9.58. The summed E-state index contributed by atoms with van der Waals surface area (Å²) in [5, 5.41) is -2.57. The lowest BCUT2D eigenvalue weighted by Crippen LogP contribution is -2.52. The van der Waals surface area contributed by atoms with Crippen LogP contribution < -0.4 is 19.1 Å². The molecule has 22 nitrogen and oxygen atoms in total. The first-order valence-corrected chi connectivity index (χ1v) is 36.6. The van der Waals surface area contributed by atoms with Crippen LogP contribution in [0.2, 0.25) is 0 Å². The van der Waals surface area contributed by atoms with Crippen LogP contribution in [0.25, 0.3) is 0 Å². The van der Waals surface area contributed by atoms with Gasteiger partial charge in [0.15, 0.2) is 16.7 Å². The Bertz CT molecular complexity index is 3870. The lowest BCUT2D eigenvalue weighted by molar-refractivity contribution is -0.197. The van der Waals surface area contributed by atoms with Gasteiger partial charge in [-0.25, -0.2) is 4.79 Å². The van der Waals surface area contributed by atoms with Gasteiger partial charge in [-0.15, -0.1) is 5.06 Å². The molecule has 3 unspecified atom stereocenters. The van der Waals surface area contributed by atoms with Crippen molar-refractivity contribution in [1.82, 2.24) is 14.9 Å². The highest BCUT2D eigenvalue weighted by atomic mass is 33.1. The Morgan fingerprint density at radius 3 is 1.95 bits per heavy atom. The summed E-state index contributed by atoms with van der Waals surface area (Å²) >= 11 is 0. The number of nitrogens with zero attached hydrogens (tertiary/aromatic N) is 4. The fraction of sp³-hybridized carbons (Fsp3) is 0.485. The van der Waals surface area contributed by atoms with E-state index in [1.165, 1.54) is 34.1 Å². The Hall–Kier alpha value is -6.75. The molecule has 0 aromatic heterocycles. The molecule has 10 rings (SSSR count). The van der Waals surface area contributed by atoms with Gasteiger partial charge in [0.1, 0.15) is 24.2 Å². The first-order valence-electron chi connectivity index (χ1n) is 31.4. The van der Waals surface area contributed by atoms with Crippen LogP contribution in [0.3, 0.4) is 0 Å². The molecule has 0 saturated carbocycles. The smallest absolute Gasteiger partial charge is 0.353 e. The average Bonchev–Trinajstić information content (AvgIpc) is 1.57. The van der Waals surface area contributed by atoms with Crippen LogP contribution in [0.4, 0.5) is 5.69 Å². The molecule has 0 radical (unpaired) electrons. The lowest BCUT2D eigenvalue weighted by atomic mass is 9.91. The number of rotatable bonds is 30. The Labute approximate surface area is 558 Å². The maximum absolute atomic E-state index is 14.7. The average molecular weight is 1370 g/mol. The third-order valence-electron chi connectivity index (χ3n) is 17.8. The van der Waals surface area contributed by atoms with Crippen molar-refractivity contribution >= 4 is 77.1 Å². The number of hydroxylamine groups is 2. The van der Waals surface area contributed by atoms with Crippen LogP contribution in [-0.4, -0.2) is 169 Å². The summed E-state index contributed by atoms with van der Waals surface area (Å²) in [5.74, 6) is -2.43. The van der Waals surface area contributed by atoms with Crippen molar-refractivity contribution in [1.29, 1.82) is 0 Å². The summed E-state index contributed by atoms with van der Waals surface area (Å²) in [4.78, 5) is 78.5. The van der Waals surface area contributed by atoms with E-state index in [-0.39, 0.29) is 69.2 Å². The zero-order valence-electron chi connectivity index (χ0n) is 54.3. The SMILES string of the molecule is COCCOCCOCCN(CC(C)(C)SSCCC(C(=O)ON1C(=O)CC(C)C1=O)S(=O)(=O)OC)c1cc(COc2cc3c(cc2C)C(=O)N2Cc4ccccc4C[C@H]2C(S(=O)(=O)OC)C3)cc(COc2cc3c(cc2OC)C(=O)N2Cc4ccccc4C[C@H]2CC3)c1. The van der Waals surface area contributed by atoms with Crippen molar-refractivity contribution < 1.29 is 82.4 Å². The number of carbonyl (C=O) groups excluding carboxylic acids is 5. The molecule has 0 aliphatic carbocycles. The van der Waals surface area contributed by atoms with E-state index in [1.54, 1.807) is 37.3 Å². The molecule has 5 aromatic carbocycles. The number of hydrogen-bond donors (Lipinski definition) is 0. The third-order valence-corrected chi connectivity index (χ3v) is 24.4. The molecular weight excluding hydrogens is 1290 g/mol. The van der Waals surface area contributed by atoms with E-state index in [0.717, 1.165) is 66.1 Å². The van der Waals surface area contributed by atoms with Gasteiger partial charge in [0.25, 0.3) is 43.9 Å². The molecule has 0 N–H and O–H groups in total. The maximum Gasteiger partial charge on any atom is 0.353 e. The molecule has 5 aromatic rings. The number of methoxy groups -OCH3 is 2. The van der Waals surface area contributed by atoms with E-state index in [4.69, 9.17) is 41.6 Å². The van der Waals surface area contributed by atoms with Crippen molar-refractivity contribution in [3.8, 4) is 17.2 Å². The molecule has 0 spiro atoms. The van der Waals surface area contributed by atoms with E-state index < -0.39 is 65.2 Å². The quantitative estimate of drug-likeness (QED) is 0.0181. The van der Waals surface area contributed by atoms with Crippen molar-refractivity contribution in [3.63, 3.8) is 0 Å². The minimum Gasteiger partial charge on any atom is -0.493 e. The van der Waals surface area contributed by atoms with Crippen LogP contribution in [0, 0.1) is 12.8 Å². The molecule has 1 fully saturated rings. The molecule has 506 valence electrons. The first kappa shape index (κ1) is 70.1. The maximum atomic E-state index is 14.7. The standard InChI is InChI=1S/C68H82N4O18S4/c1-43-27-55-52(36-62(94(80,81)85-8)57-33-48-14-10-12-16-51(48)39-71(57)66(55)76)35-58(43)88-40-45-29-46(41-89-60-34-49-17-18-53-32-47-13-9-11-15-50(47)38-70(53)65(75)56(49)37-59(60)83-6)31-54(30-45)69(20-21-86-24-25-87-23-22-82-5)42-68(3,4)92-91-26-19-61(93(78,79)84-7)67(77)90-72-63(73)28-44(2)64(72)74/h9-16,27,29-31,34-35,37,44,53,57,61-62H,17-26,28,32-33,36,38-42H2,1-8H3/t44?,53-,57+,61?,62?/m1/s1. The molecule has 1 saturated heterocycles. The van der Waals surface area contributed by atoms with Gasteiger partial charge in [-0.2, -0.15) is 16.8 Å². The van der Waals surface area contributed by atoms with E-state index in [2.05, 4.69) is 17.0 Å². The Morgan fingerprint density at radius 2 is 1.30 bits per heavy atom. The van der Waals surface area contributed by atoms with Gasteiger partial charge in [0, 0.05) is 79.0 Å². The van der Waals surface area contributed by atoms with Crippen LogP contribution in [0.15, 0.2) is 91.0 Å². The fourth-order valence-corrected chi connectivity index (χ4v) is 17.7. The Morgan fingerprint density at radius 1 is 0.681 bits per heavy atom. The molecule has 4 amide bonds. The van der Waals surface area contributed by atoms with Gasteiger partial charge in [-0.3, -0.25) is 27.5 Å². The van der Waals surface area contributed by atoms with E-state index in [1.807, 2.05) is 86.3 Å². The Kier molecular flexibility index (Phi) is 22.8. The summed E-state index contributed by atoms with van der Waals surface area (Å²) < 4.78 is 99.9. The van der Waals surface area contributed by atoms with Crippen molar-refractivity contribution in [3.05, 3.63) is 152 Å². The minimum atomic E-state index is -4.52. The molecule has 0 bridgehead atoms. The molecule has 94 heavy (non-hydrogen) atoms. The van der Waals surface area contributed by atoms with Crippen LogP contribution >= 0.6 is 21.6 Å². The highest BCUT2D eigenvalue weighted by Gasteiger charge is 2.47. The second kappa shape index (κ2) is 30.5. The number of fused-ring (bicyclic) bond motifs is 6. The third kappa shape index (κ3) is 16.2. The summed E-state index contributed by atoms with van der Waals surface area (Å²) in [7, 11) is -0.664. The molecule has 5 heterocycles. The predicted octanol–water partition coefficient (Wildman–Crippen LogP) is 8.38. The van der Waals surface area contributed by atoms with Gasteiger partial charge in [0.2, 0.25) is 0 Å². The fourth-order valence-electron chi connectivity index (χ4n) is 12.8. The van der Waals surface area contributed by atoms with Crippen LogP contribution in [0.5, 0.6) is 17.2 Å². The number of anilines is 1. The van der Waals surface area contributed by atoms with Crippen LogP contribution in [0.1, 0.15) is 111 Å². The van der Waals surface area contributed by atoms with Gasteiger partial charge in [0.05, 0.1) is 60.4 Å². The van der Waals surface area contributed by atoms with Crippen molar-refractivity contribution in [2.24, 2.45) is 5.92 Å². The Balaban J connectivity index is 0.940. The van der Waals surface area contributed by atoms with E-state index in [9.17, 15) is 40.8 Å². The zero-order chi connectivity index (χ0) is 67.1. The summed E-state index contributed by atoms with van der Waals surface area (Å²) in [6.07, 6.45) is 2.11. The molecule has 5 aliphatic heterocycles. The van der Waals surface area contributed by atoms with Crippen molar-refractivity contribution in [2.45, 2.75) is 126 Å². The summed E-state index contributed by atoms with van der Waals surface area (Å²) in [6.45, 7) is 10.8. The topological polar surface area (TPSA) is 250 Å². The van der Waals surface area contributed by atoms with Crippen LogP contribution in [-0.2, 0) is 114 Å². The number of amides is 4. The normalized spacial score (nSPS) is 19.0. The van der Waals surface area contributed by atoms with Crippen molar-refractivity contribution in [2.75, 3.05) is 85.2 Å². The number of carbonyl (C=O) groups is 5. The second-order valence-electron chi connectivity index (χ2n) is 24.8. The number of aryl methyl sites for hydroxylation is 2. The van der Waals surface area contributed by atoms with E-state index >= 15 is 0 Å². The highest BCUT2D eigenvalue weighted by molar-refractivity contribution is 8.77. The molecular formula is C68H82N4O18S4. The predicted molar refractivity (Wildman–Crippen MR) is 355 cm³/mol. The molecule has 26 heteroatoms. The summed E-state index contributed by atoms with van der Waals surface area (Å²) in [6, 6.07) is 28.6. The number of imide groups is 1. The minimum absolute atomic E-state index is 0.00580. The van der Waals surface area contributed by atoms with Gasteiger partial charge < -0.3 is 48.0 Å². The number of hydrogen-bond acceptors (Lipinski definition) is 21. The molecule has 5 aliphatic rings.